The van der Waals surface area contributed by atoms with E-state index in [1.807, 2.05) is 24.4 Å². The van der Waals surface area contributed by atoms with E-state index in [2.05, 4.69) is 22.0 Å². The fraction of sp³-hybridized carbons (Fsp3) is 0.375. The molecule has 0 aliphatic carbocycles. The van der Waals surface area contributed by atoms with E-state index in [0.717, 1.165) is 17.2 Å². The smallest absolute Gasteiger partial charge is 0.323 e. The van der Waals surface area contributed by atoms with Gasteiger partial charge in [-0.15, -0.1) is 11.3 Å². The van der Waals surface area contributed by atoms with Crippen LogP contribution in [0.2, 0.25) is 0 Å². The lowest BCUT2D eigenvalue weighted by atomic mass is 9.94. The first-order valence-corrected chi connectivity index (χ1v) is 7.85. The molecule has 0 amide bonds. The minimum Gasteiger partial charge on any atom is -0.468 e. The summed E-state index contributed by atoms with van der Waals surface area (Å²) in [5.41, 5.74) is 3.55. The number of carbonyl (C=O) groups is 1. The summed E-state index contributed by atoms with van der Waals surface area (Å²) in [6.07, 6.45) is 0.702. The van der Waals surface area contributed by atoms with E-state index >= 15 is 0 Å². The maximum absolute atomic E-state index is 12.1. The van der Waals surface area contributed by atoms with Crippen molar-refractivity contribution in [1.82, 2.24) is 9.88 Å². The molecule has 3 rings (SSSR count). The molecule has 0 saturated carbocycles. The monoisotopic (exact) mass is 302 g/mol. The Hall–Kier alpha value is -1.72. The van der Waals surface area contributed by atoms with Crippen LogP contribution in [0, 0.1) is 6.92 Å². The highest BCUT2D eigenvalue weighted by Crippen LogP contribution is 2.26. The van der Waals surface area contributed by atoms with E-state index in [0.29, 0.717) is 13.0 Å². The third-order valence-electron chi connectivity index (χ3n) is 3.82. The molecule has 0 spiro atoms. The van der Waals surface area contributed by atoms with Gasteiger partial charge < -0.3 is 4.74 Å². The molecule has 0 N–H and O–H groups in total. The van der Waals surface area contributed by atoms with E-state index in [4.69, 9.17) is 4.74 Å². The van der Waals surface area contributed by atoms with Crippen molar-refractivity contribution >= 4 is 17.3 Å². The number of hydrogen-bond donors (Lipinski definition) is 0. The summed E-state index contributed by atoms with van der Waals surface area (Å²) >= 11 is 1.64. The quantitative estimate of drug-likeness (QED) is 0.817. The minimum atomic E-state index is -0.228. The van der Waals surface area contributed by atoms with Gasteiger partial charge in [-0.05, 0) is 24.5 Å². The molecule has 0 bridgehead atoms. The van der Waals surface area contributed by atoms with Gasteiger partial charge in [0.1, 0.15) is 11.0 Å². The molecule has 1 aliphatic rings. The lowest BCUT2D eigenvalue weighted by molar-refractivity contribution is -0.147. The van der Waals surface area contributed by atoms with Gasteiger partial charge in [-0.25, -0.2) is 4.98 Å². The van der Waals surface area contributed by atoms with Crippen molar-refractivity contribution in [3.63, 3.8) is 0 Å². The predicted octanol–water partition coefficient (Wildman–Crippen LogP) is 2.55. The average molecular weight is 302 g/mol. The molecule has 1 aliphatic heterocycles. The molecule has 1 aromatic carbocycles. The lowest BCUT2D eigenvalue weighted by Gasteiger charge is -2.34. The van der Waals surface area contributed by atoms with Gasteiger partial charge >= 0.3 is 5.97 Å². The molecule has 0 saturated heterocycles. The number of benzene rings is 1. The average Bonchev–Trinajstić information content (AvgIpc) is 2.91. The van der Waals surface area contributed by atoms with E-state index in [1.54, 1.807) is 11.3 Å². The van der Waals surface area contributed by atoms with Crippen molar-refractivity contribution in [2.45, 2.75) is 32.5 Å². The molecule has 1 atom stereocenters. The number of methoxy groups -OCH3 is 1. The predicted molar refractivity (Wildman–Crippen MR) is 82.0 cm³/mol. The van der Waals surface area contributed by atoms with Gasteiger partial charge in [0.15, 0.2) is 0 Å². The number of ether oxygens (including phenoxy) is 1. The van der Waals surface area contributed by atoms with Crippen molar-refractivity contribution in [3.8, 4) is 0 Å². The first-order chi connectivity index (χ1) is 10.2. The number of thiazole rings is 1. The summed E-state index contributed by atoms with van der Waals surface area (Å²) in [5.74, 6) is -0.169. The molecule has 0 fully saturated rings. The van der Waals surface area contributed by atoms with Crippen molar-refractivity contribution in [1.29, 1.82) is 0 Å². The lowest BCUT2D eigenvalue weighted by Crippen LogP contribution is -2.45. The zero-order valence-electron chi connectivity index (χ0n) is 12.2. The number of nitrogens with zero attached hydrogens (tertiary/aromatic N) is 2. The number of esters is 1. The van der Waals surface area contributed by atoms with Gasteiger partial charge in [-0.3, -0.25) is 9.69 Å². The SMILES string of the molecule is COC(=O)[C@@H]1Cc2ccccc2CN1Cc1nc(C)cs1. The fourth-order valence-electron chi connectivity index (χ4n) is 2.76. The maximum Gasteiger partial charge on any atom is 0.323 e. The van der Waals surface area contributed by atoms with Gasteiger partial charge in [0.2, 0.25) is 0 Å². The Kier molecular flexibility index (Phi) is 4.03. The highest BCUT2D eigenvalue weighted by Gasteiger charge is 2.32. The molecule has 2 aromatic rings. The summed E-state index contributed by atoms with van der Waals surface area (Å²) in [7, 11) is 1.45. The third-order valence-corrected chi connectivity index (χ3v) is 4.78. The molecule has 110 valence electrons. The van der Waals surface area contributed by atoms with E-state index in [1.165, 1.54) is 18.2 Å². The van der Waals surface area contributed by atoms with Crippen LogP contribution in [-0.2, 0) is 29.0 Å². The van der Waals surface area contributed by atoms with Crippen molar-refractivity contribution in [3.05, 3.63) is 51.5 Å². The first kappa shape index (κ1) is 14.2. The van der Waals surface area contributed by atoms with Gasteiger partial charge in [-0.1, -0.05) is 24.3 Å². The van der Waals surface area contributed by atoms with Crippen LogP contribution in [-0.4, -0.2) is 29.0 Å². The zero-order chi connectivity index (χ0) is 14.8. The standard InChI is InChI=1S/C16H18N2O2S/c1-11-10-21-15(17-11)9-18-8-13-6-4-3-5-12(13)7-14(18)16(19)20-2/h3-6,10,14H,7-9H2,1-2H3/t14-/m0/s1. The maximum atomic E-state index is 12.1. The number of aromatic nitrogens is 1. The highest BCUT2D eigenvalue weighted by molar-refractivity contribution is 7.09. The van der Waals surface area contributed by atoms with E-state index < -0.39 is 0 Å². The Balaban J connectivity index is 1.87. The third kappa shape index (κ3) is 2.99. The van der Waals surface area contributed by atoms with Crippen LogP contribution in [0.5, 0.6) is 0 Å². The van der Waals surface area contributed by atoms with Crippen LogP contribution >= 0.6 is 11.3 Å². The topological polar surface area (TPSA) is 42.4 Å². The largest absolute Gasteiger partial charge is 0.468 e. The van der Waals surface area contributed by atoms with Gasteiger partial charge in [0, 0.05) is 17.6 Å². The molecule has 2 heterocycles. The zero-order valence-corrected chi connectivity index (χ0v) is 13.0. The number of rotatable bonds is 3. The Morgan fingerprint density at radius 3 is 2.86 bits per heavy atom. The molecule has 1 aromatic heterocycles. The van der Waals surface area contributed by atoms with Gasteiger partial charge in [-0.2, -0.15) is 0 Å². The van der Waals surface area contributed by atoms with Crippen molar-refractivity contribution in [2.24, 2.45) is 0 Å². The molecule has 4 nitrogen and oxygen atoms in total. The summed E-state index contributed by atoms with van der Waals surface area (Å²) in [5, 5.41) is 3.08. The summed E-state index contributed by atoms with van der Waals surface area (Å²) < 4.78 is 4.98. The van der Waals surface area contributed by atoms with Crippen LogP contribution in [0.15, 0.2) is 29.6 Å². The number of hydrogen-bond acceptors (Lipinski definition) is 5. The highest BCUT2D eigenvalue weighted by atomic mass is 32.1. The number of fused-ring (bicyclic) bond motifs is 1. The molecular formula is C16H18N2O2S. The fourth-order valence-corrected chi connectivity index (χ4v) is 3.56. The molecular weight excluding hydrogens is 284 g/mol. The Labute approximate surface area is 128 Å². The second-order valence-electron chi connectivity index (χ2n) is 5.30. The molecule has 5 heteroatoms. The minimum absolute atomic E-state index is 0.169. The Morgan fingerprint density at radius 2 is 2.19 bits per heavy atom. The van der Waals surface area contributed by atoms with Crippen LogP contribution < -0.4 is 0 Å². The molecule has 0 radical (unpaired) electrons. The Morgan fingerprint density at radius 1 is 1.43 bits per heavy atom. The summed E-state index contributed by atoms with van der Waals surface area (Å²) in [4.78, 5) is 18.8. The first-order valence-electron chi connectivity index (χ1n) is 6.97. The van der Waals surface area contributed by atoms with Crippen molar-refractivity contribution in [2.75, 3.05) is 7.11 Å². The molecule has 21 heavy (non-hydrogen) atoms. The van der Waals surface area contributed by atoms with Crippen LogP contribution in [0.4, 0.5) is 0 Å². The van der Waals surface area contributed by atoms with Gasteiger partial charge in [0.05, 0.1) is 13.7 Å². The summed E-state index contributed by atoms with van der Waals surface area (Å²) in [6, 6.07) is 8.06. The number of aryl methyl sites for hydroxylation is 1. The Bertz CT molecular complexity index is 653. The second kappa shape index (κ2) is 5.95. The number of carbonyl (C=O) groups excluding carboxylic acids is 1. The van der Waals surface area contributed by atoms with E-state index in [9.17, 15) is 4.79 Å². The van der Waals surface area contributed by atoms with E-state index in [-0.39, 0.29) is 12.0 Å². The van der Waals surface area contributed by atoms with Crippen LogP contribution in [0.25, 0.3) is 0 Å². The molecule has 0 unspecified atom stereocenters. The van der Waals surface area contributed by atoms with Crippen LogP contribution in [0.3, 0.4) is 0 Å². The van der Waals surface area contributed by atoms with Gasteiger partial charge in [0.25, 0.3) is 0 Å². The second-order valence-corrected chi connectivity index (χ2v) is 6.24. The van der Waals surface area contributed by atoms with Crippen molar-refractivity contribution < 1.29 is 9.53 Å². The van der Waals surface area contributed by atoms with Crippen LogP contribution in [0.1, 0.15) is 21.8 Å². The summed E-state index contributed by atoms with van der Waals surface area (Å²) in [6.45, 7) is 3.43. The normalized spacial score (nSPS) is 18.3.